The summed E-state index contributed by atoms with van der Waals surface area (Å²) in [5.41, 5.74) is 0.607. The molecule has 0 saturated heterocycles. The van der Waals surface area contributed by atoms with E-state index in [1.165, 1.54) is 4.90 Å². The number of rotatable bonds is 5. The zero-order valence-electron chi connectivity index (χ0n) is 11.2. The molecular formula is C13H18Cl2N2O2. The van der Waals surface area contributed by atoms with E-state index in [2.05, 4.69) is 0 Å². The van der Waals surface area contributed by atoms with Crippen LogP contribution in [-0.2, 0) is 4.79 Å². The highest BCUT2D eigenvalue weighted by atomic mass is 35.5. The lowest BCUT2D eigenvalue weighted by Crippen LogP contribution is -2.36. The van der Waals surface area contributed by atoms with Gasteiger partial charge >= 0.3 is 0 Å². The molecule has 0 radical (unpaired) electrons. The Morgan fingerprint density at radius 2 is 1.95 bits per heavy atom. The average Bonchev–Trinajstić information content (AvgIpc) is 2.27. The maximum atomic E-state index is 11.5. The van der Waals surface area contributed by atoms with Gasteiger partial charge < -0.3 is 10.0 Å². The fourth-order valence-electron chi connectivity index (χ4n) is 1.60. The summed E-state index contributed by atoms with van der Waals surface area (Å²) in [5.74, 6) is -0.0168. The van der Waals surface area contributed by atoms with Gasteiger partial charge in [0.05, 0.1) is 12.6 Å². The molecule has 1 atom stereocenters. The lowest BCUT2D eigenvalue weighted by Gasteiger charge is -2.22. The molecule has 1 aromatic carbocycles. The quantitative estimate of drug-likeness (QED) is 0.905. The third-order valence-corrected chi connectivity index (χ3v) is 3.27. The minimum Gasteiger partial charge on any atom is -0.387 e. The first-order chi connectivity index (χ1) is 8.81. The highest BCUT2D eigenvalue weighted by Crippen LogP contribution is 2.26. The molecule has 1 amide bonds. The predicted octanol–water partition coefficient (Wildman–Crippen LogP) is 2.05. The van der Waals surface area contributed by atoms with Crippen LogP contribution in [-0.4, -0.2) is 55.0 Å². The third-order valence-electron chi connectivity index (χ3n) is 2.71. The van der Waals surface area contributed by atoms with Gasteiger partial charge in [0.1, 0.15) is 0 Å². The molecule has 0 aliphatic rings. The molecule has 0 aliphatic heterocycles. The molecule has 4 nitrogen and oxygen atoms in total. The summed E-state index contributed by atoms with van der Waals surface area (Å²) in [7, 11) is 5.17. The molecule has 6 heteroatoms. The zero-order chi connectivity index (χ0) is 14.6. The van der Waals surface area contributed by atoms with E-state index in [-0.39, 0.29) is 12.5 Å². The van der Waals surface area contributed by atoms with Crippen LogP contribution in [0.15, 0.2) is 18.2 Å². The standard InChI is InChI=1S/C13H18Cl2N2O2/c1-16(2)13(19)8-17(3)7-12(18)10-5-4-9(14)6-11(10)15/h4-6,12,18H,7-8H2,1-3H3. The first-order valence-electron chi connectivity index (χ1n) is 5.83. The van der Waals surface area contributed by atoms with Crippen LogP contribution in [0.3, 0.4) is 0 Å². The lowest BCUT2D eigenvalue weighted by molar-refractivity contribution is -0.129. The zero-order valence-corrected chi connectivity index (χ0v) is 12.7. The highest BCUT2D eigenvalue weighted by molar-refractivity contribution is 6.35. The van der Waals surface area contributed by atoms with E-state index in [9.17, 15) is 9.90 Å². The number of nitrogens with zero attached hydrogens (tertiary/aromatic N) is 2. The number of aliphatic hydroxyl groups excluding tert-OH is 1. The third kappa shape index (κ3) is 4.99. The Kier molecular flexibility index (Phi) is 6.07. The van der Waals surface area contributed by atoms with Crippen molar-refractivity contribution in [3.05, 3.63) is 33.8 Å². The number of likely N-dealkylation sites (N-methyl/N-ethyl adjacent to an activating group) is 2. The van der Waals surface area contributed by atoms with E-state index in [1.807, 2.05) is 0 Å². The average molecular weight is 305 g/mol. The van der Waals surface area contributed by atoms with Gasteiger partial charge in [-0.2, -0.15) is 0 Å². The molecule has 0 aliphatic carbocycles. The van der Waals surface area contributed by atoms with E-state index in [4.69, 9.17) is 23.2 Å². The number of carbonyl (C=O) groups excluding carboxylic acids is 1. The summed E-state index contributed by atoms with van der Waals surface area (Å²) in [6, 6.07) is 4.96. The number of aliphatic hydroxyl groups is 1. The Labute approximate surface area is 123 Å². The van der Waals surface area contributed by atoms with Crippen LogP contribution in [0, 0.1) is 0 Å². The van der Waals surface area contributed by atoms with Crippen LogP contribution < -0.4 is 0 Å². The second-order valence-electron chi connectivity index (χ2n) is 4.67. The maximum Gasteiger partial charge on any atom is 0.236 e. The molecule has 1 aromatic rings. The van der Waals surface area contributed by atoms with E-state index >= 15 is 0 Å². The Balaban J connectivity index is 2.63. The van der Waals surface area contributed by atoms with E-state index < -0.39 is 6.10 Å². The fraction of sp³-hybridized carbons (Fsp3) is 0.462. The second-order valence-corrected chi connectivity index (χ2v) is 5.51. The Morgan fingerprint density at radius 3 is 2.47 bits per heavy atom. The van der Waals surface area contributed by atoms with Gasteiger partial charge in [0, 0.05) is 36.2 Å². The molecule has 1 unspecified atom stereocenters. The van der Waals surface area contributed by atoms with Crippen molar-refractivity contribution >= 4 is 29.1 Å². The first kappa shape index (κ1) is 16.2. The molecule has 0 spiro atoms. The summed E-state index contributed by atoms with van der Waals surface area (Å²) in [6.07, 6.45) is -0.760. The van der Waals surface area contributed by atoms with E-state index in [0.29, 0.717) is 22.2 Å². The smallest absolute Gasteiger partial charge is 0.236 e. The van der Waals surface area contributed by atoms with Crippen LogP contribution >= 0.6 is 23.2 Å². The number of hydrogen-bond donors (Lipinski definition) is 1. The summed E-state index contributed by atoms with van der Waals surface area (Å²) < 4.78 is 0. The predicted molar refractivity (Wildman–Crippen MR) is 77.6 cm³/mol. The van der Waals surface area contributed by atoms with Gasteiger partial charge in [0.2, 0.25) is 5.91 Å². The number of benzene rings is 1. The van der Waals surface area contributed by atoms with Crippen LogP contribution in [0.2, 0.25) is 10.0 Å². The maximum absolute atomic E-state index is 11.5. The van der Waals surface area contributed by atoms with Crippen molar-refractivity contribution in [1.29, 1.82) is 0 Å². The van der Waals surface area contributed by atoms with Gasteiger partial charge in [-0.3, -0.25) is 9.69 Å². The van der Waals surface area contributed by atoms with Gasteiger partial charge in [-0.25, -0.2) is 0 Å². The molecule has 1 rings (SSSR count). The summed E-state index contributed by atoms with van der Waals surface area (Å²) >= 11 is 11.8. The largest absolute Gasteiger partial charge is 0.387 e. The van der Waals surface area contributed by atoms with Gasteiger partial charge in [0.15, 0.2) is 0 Å². The van der Waals surface area contributed by atoms with Crippen LogP contribution in [0.4, 0.5) is 0 Å². The number of amides is 1. The Morgan fingerprint density at radius 1 is 1.32 bits per heavy atom. The van der Waals surface area contributed by atoms with Crippen LogP contribution in [0.25, 0.3) is 0 Å². The fourth-order valence-corrected chi connectivity index (χ4v) is 2.14. The molecule has 1 N–H and O–H groups in total. The Bertz CT molecular complexity index is 452. The summed E-state index contributed by atoms with van der Waals surface area (Å²) in [6.45, 7) is 0.566. The molecule has 106 valence electrons. The van der Waals surface area contributed by atoms with Crippen molar-refractivity contribution in [3.8, 4) is 0 Å². The van der Waals surface area contributed by atoms with Gasteiger partial charge in [0.25, 0.3) is 0 Å². The molecule has 0 saturated carbocycles. The number of hydrogen-bond acceptors (Lipinski definition) is 3. The minimum absolute atomic E-state index is 0.0168. The SMILES string of the molecule is CN(CC(=O)N(C)C)CC(O)c1ccc(Cl)cc1Cl. The molecule has 0 fully saturated rings. The summed E-state index contributed by atoms with van der Waals surface area (Å²) in [5, 5.41) is 11.1. The highest BCUT2D eigenvalue weighted by Gasteiger charge is 2.16. The van der Waals surface area contributed by atoms with Gasteiger partial charge in [-0.1, -0.05) is 29.3 Å². The van der Waals surface area contributed by atoms with Crippen molar-refractivity contribution in [2.45, 2.75) is 6.10 Å². The van der Waals surface area contributed by atoms with Crippen LogP contribution in [0.5, 0.6) is 0 Å². The first-order valence-corrected chi connectivity index (χ1v) is 6.58. The molecule has 0 aromatic heterocycles. The van der Waals surface area contributed by atoms with Gasteiger partial charge in [-0.05, 0) is 19.2 Å². The Hall–Kier alpha value is -0.810. The minimum atomic E-state index is -0.760. The summed E-state index contributed by atoms with van der Waals surface area (Å²) in [4.78, 5) is 14.8. The van der Waals surface area contributed by atoms with Crippen LogP contribution in [0.1, 0.15) is 11.7 Å². The normalized spacial score (nSPS) is 12.6. The number of carbonyl (C=O) groups is 1. The van der Waals surface area contributed by atoms with E-state index in [0.717, 1.165) is 0 Å². The lowest BCUT2D eigenvalue weighted by atomic mass is 10.1. The van der Waals surface area contributed by atoms with Crippen molar-refractivity contribution in [2.75, 3.05) is 34.2 Å². The van der Waals surface area contributed by atoms with Crippen molar-refractivity contribution < 1.29 is 9.90 Å². The van der Waals surface area contributed by atoms with E-state index in [1.54, 1.807) is 44.2 Å². The molecule has 0 heterocycles. The molecular weight excluding hydrogens is 287 g/mol. The molecule has 0 bridgehead atoms. The van der Waals surface area contributed by atoms with Crippen molar-refractivity contribution in [3.63, 3.8) is 0 Å². The van der Waals surface area contributed by atoms with Gasteiger partial charge in [-0.15, -0.1) is 0 Å². The van der Waals surface area contributed by atoms with Crippen molar-refractivity contribution in [1.82, 2.24) is 9.80 Å². The van der Waals surface area contributed by atoms with Crippen molar-refractivity contribution in [2.24, 2.45) is 0 Å². The topological polar surface area (TPSA) is 43.8 Å². The number of halogens is 2. The second kappa shape index (κ2) is 7.10. The molecule has 19 heavy (non-hydrogen) atoms. The monoisotopic (exact) mass is 304 g/mol.